The Hall–Kier alpha value is -2.23. The molecule has 80 valence electrons. The molecule has 0 unspecified atom stereocenters. The number of nitrogens with one attached hydrogen (secondary N) is 1. The summed E-state index contributed by atoms with van der Waals surface area (Å²) in [5.41, 5.74) is 2.08. The van der Waals surface area contributed by atoms with Gasteiger partial charge in [0, 0.05) is 12.6 Å². The molecule has 0 radical (unpaired) electrons. The number of carbonyl (C=O) groups is 1. The van der Waals surface area contributed by atoms with E-state index in [1.54, 1.807) is 13.1 Å². The largest absolute Gasteiger partial charge is 0.354 e. The van der Waals surface area contributed by atoms with Gasteiger partial charge < -0.3 is 5.32 Å². The van der Waals surface area contributed by atoms with Gasteiger partial charge in [-0.05, 0) is 6.07 Å². The molecule has 2 aromatic rings. The maximum atomic E-state index is 11.4. The van der Waals surface area contributed by atoms with Crippen molar-refractivity contribution in [3.05, 3.63) is 48.4 Å². The molecule has 2 rings (SSSR count). The summed E-state index contributed by atoms with van der Waals surface area (Å²) in [6.07, 6.45) is 1.40. The molecule has 0 aliphatic carbocycles. The van der Waals surface area contributed by atoms with E-state index in [9.17, 15) is 4.79 Å². The third-order valence-corrected chi connectivity index (χ3v) is 2.20. The third kappa shape index (κ3) is 2.06. The van der Waals surface area contributed by atoms with Crippen molar-refractivity contribution >= 4 is 5.91 Å². The first-order valence-corrected chi connectivity index (χ1v) is 4.91. The highest BCUT2D eigenvalue weighted by Gasteiger charge is 2.06. The molecule has 0 fully saturated rings. The van der Waals surface area contributed by atoms with Crippen LogP contribution in [0.1, 0.15) is 10.5 Å². The van der Waals surface area contributed by atoms with E-state index in [2.05, 4.69) is 15.3 Å². The minimum atomic E-state index is -0.209. The topological polar surface area (TPSA) is 54.9 Å². The number of hydrogen-bond donors (Lipinski definition) is 1. The molecular formula is C12H11N3O. The maximum absolute atomic E-state index is 11.4. The van der Waals surface area contributed by atoms with Crippen molar-refractivity contribution in [2.24, 2.45) is 0 Å². The van der Waals surface area contributed by atoms with Gasteiger partial charge in [0.05, 0.1) is 5.69 Å². The zero-order valence-corrected chi connectivity index (χ0v) is 8.84. The molecule has 0 spiro atoms. The van der Waals surface area contributed by atoms with E-state index in [1.807, 2.05) is 30.3 Å². The molecule has 4 heteroatoms. The third-order valence-electron chi connectivity index (χ3n) is 2.20. The summed E-state index contributed by atoms with van der Waals surface area (Å²) in [5.74, 6) is -0.209. The number of amides is 1. The van der Waals surface area contributed by atoms with Crippen LogP contribution in [0.2, 0.25) is 0 Å². The van der Waals surface area contributed by atoms with E-state index in [1.165, 1.54) is 6.33 Å². The van der Waals surface area contributed by atoms with E-state index in [4.69, 9.17) is 0 Å². The van der Waals surface area contributed by atoms with Gasteiger partial charge in [-0.25, -0.2) is 9.97 Å². The highest BCUT2D eigenvalue weighted by atomic mass is 16.1. The minimum absolute atomic E-state index is 0.209. The van der Waals surface area contributed by atoms with Crippen LogP contribution in [0.25, 0.3) is 11.3 Å². The first kappa shape index (κ1) is 10.3. The fourth-order valence-corrected chi connectivity index (χ4v) is 1.38. The summed E-state index contributed by atoms with van der Waals surface area (Å²) in [5, 5.41) is 2.53. The minimum Gasteiger partial charge on any atom is -0.354 e. The number of rotatable bonds is 2. The Bertz CT molecular complexity index is 497. The summed E-state index contributed by atoms with van der Waals surface area (Å²) >= 11 is 0. The summed E-state index contributed by atoms with van der Waals surface area (Å²) in [7, 11) is 1.58. The Morgan fingerprint density at radius 3 is 2.62 bits per heavy atom. The zero-order chi connectivity index (χ0) is 11.4. The van der Waals surface area contributed by atoms with Crippen LogP contribution in [0.4, 0.5) is 0 Å². The Morgan fingerprint density at radius 2 is 1.94 bits per heavy atom. The molecule has 0 saturated carbocycles. The van der Waals surface area contributed by atoms with Gasteiger partial charge in [0.2, 0.25) is 0 Å². The second kappa shape index (κ2) is 4.53. The van der Waals surface area contributed by atoms with Crippen molar-refractivity contribution in [2.75, 3.05) is 7.05 Å². The summed E-state index contributed by atoms with van der Waals surface area (Å²) in [6, 6.07) is 11.3. The molecule has 1 aromatic heterocycles. The normalized spacial score (nSPS) is 9.81. The fourth-order valence-electron chi connectivity index (χ4n) is 1.38. The smallest absolute Gasteiger partial charge is 0.269 e. The van der Waals surface area contributed by atoms with E-state index < -0.39 is 0 Å². The lowest BCUT2D eigenvalue weighted by Crippen LogP contribution is -2.19. The van der Waals surface area contributed by atoms with Crippen molar-refractivity contribution in [1.82, 2.24) is 15.3 Å². The van der Waals surface area contributed by atoms with Gasteiger partial charge in [-0.15, -0.1) is 0 Å². The van der Waals surface area contributed by atoms with Crippen molar-refractivity contribution in [3.63, 3.8) is 0 Å². The molecule has 0 aliphatic rings. The van der Waals surface area contributed by atoms with E-state index >= 15 is 0 Å². The Kier molecular flexibility index (Phi) is 2.91. The van der Waals surface area contributed by atoms with Gasteiger partial charge >= 0.3 is 0 Å². The first-order chi connectivity index (χ1) is 7.81. The molecule has 1 heterocycles. The molecule has 4 nitrogen and oxygen atoms in total. The van der Waals surface area contributed by atoms with E-state index in [0.29, 0.717) is 5.69 Å². The van der Waals surface area contributed by atoms with E-state index in [0.717, 1.165) is 11.3 Å². The van der Waals surface area contributed by atoms with Crippen LogP contribution >= 0.6 is 0 Å². The SMILES string of the molecule is CNC(=O)c1cc(-c2ccccc2)ncn1. The molecule has 1 aromatic carbocycles. The predicted octanol–water partition coefficient (Wildman–Crippen LogP) is 1.50. The predicted molar refractivity (Wildman–Crippen MR) is 60.9 cm³/mol. The molecule has 1 amide bonds. The van der Waals surface area contributed by atoms with Crippen LogP contribution in [-0.2, 0) is 0 Å². The van der Waals surface area contributed by atoms with Gasteiger partial charge in [-0.1, -0.05) is 30.3 Å². The summed E-state index contributed by atoms with van der Waals surface area (Å²) in [6.45, 7) is 0. The molecule has 0 saturated heterocycles. The fraction of sp³-hybridized carbons (Fsp3) is 0.0833. The van der Waals surface area contributed by atoms with Gasteiger partial charge in [0.25, 0.3) is 5.91 Å². The highest BCUT2D eigenvalue weighted by molar-refractivity contribution is 5.92. The van der Waals surface area contributed by atoms with Gasteiger partial charge in [0.15, 0.2) is 0 Å². The average molecular weight is 213 g/mol. The zero-order valence-electron chi connectivity index (χ0n) is 8.84. The van der Waals surface area contributed by atoms with Crippen LogP contribution in [-0.4, -0.2) is 22.9 Å². The van der Waals surface area contributed by atoms with Crippen LogP contribution in [0, 0.1) is 0 Å². The second-order valence-electron chi connectivity index (χ2n) is 3.23. The molecule has 16 heavy (non-hydrogen) atoms. The number of hydrogen-bond acceptors (Lipinski definition) is 3. The van der Waals surface area contributed by atoms with Crippen LogP contribution in [0.15, 0.2) is 42.7 Å². The molecule has 1 N–H and O–H groups in total. The number of nitrogens with zero attached hydrogens (tertiary/aromatic N) is 2. The number of carbonyl (C=O) groups excluding carboxylic acids is 1. The molecule has 0 aliphatic heterocycles. The average Bonchev–Trinajstić information content (AvgIpc) is 2.39. The van der Waals surface area contributed by atoms with Gasteiger partial charge in [0.1, 0.15) is 12.0 Å². The van der Waals surface area contributed by atoms with Gasteiger partial charge in [-0.3, -0.25) is 4.79 Å². The van der Waals surface area contributed by atoms with Crippen LogP contribution in [0.3, 0.4) is 0 Å². The lowest BCUT2D eigenvalue weighted by Gasteiger charge is -2.02. The van der Waals surface area contributed by atoms with Crippen molar-refractivity contribution < 1.29 is 4.79 Å². The molecule has 0 atom stereocenters. The Balaban J connectivity index is 2.40. The van der Waals surface area contributed by atoms with Crippen molar-refractivity contribution in [1.29, 1.82) is 0 Å². The summed E-state index contributed by atoms with van der Waals surface area (Å²) in [4.78, 5) is 19.4. The molecular weight excluding hydrogens is 202 g/mol. The lowest BCUT2D eigenvalue weighted by atomic mass is 10.1. The van der Waals surface area contributed by atoms with Gasteiger partial charge in [-0.2, -0.15) is 0 Å². The monoisotopic (exact) mass is 213 g/mol. The quantitative estimate of drug-likeness (QED) is 0.822. The summed E-state index contributed by atoms with van der Waals surface area (Å²) < 4.78 is 0. The van der Waals surface area contributed by atoms with Crippen molar-refractivity contribution in [2.45, 2.75) is 0 Å². The Morgan fingerprint density at radius 1 is 1.19 bits per heavy atom. The first-order valence-electron chi connectivity index (χ1n) is 4.91. The highest BCUT2D eigenvalue weighted by Crippen LogP contribution is 2.15. The van der Waals surface area contributed by atoms with E-state index in [-0.39, 0.29) is 5.91 Å². The standard InChI is InChI=1S/C12H11N3O/c1-13-12(16)11-7-10(14-8-15-11)9-5-3-2-4-6-9/h2-8H,1H3,(H,13,16). The Labute approximate surface area is 93.4 Å². The van der Waals surface area contributed by atoms with Crippen LogP contribution in [0.5, 0.6) is 0 Å². The number of benzene rings is 1. The van der Waals surface area contributed by atoms with Crippen LogP contribution < -0.4 is 5.32 Å². The number of aromatic nitrogens is 2. The lowest BCUT2D eigenvalue weighted by molar-refractivity contribution is 0.0958. The molecule has 0 bridgehead atoms. The maximum Gasteiger partial charge on any atom is 0.269 e. The second-order valence-corrected chi connectivity index (χ2v) is 3.23. The van der Waals surface area contributed by atoms with Crippen molar-refractivity contribution in [3.8, 4) is 11.3 Å².